The maximum Gasteiger partial charge on any atom is 0.333 e. The quantitative estimate of drug-likeness (QED) is 0.896. The lowest BCUT2D eigenvalue weighted by atomic mass is 9.82. The Labute approximate surface area is 122 Å². The highest BCUT2D eigenvalue weighted by Crippen LogP contribution is 2.35. The third-order valence-electron chi connectivity index (χ3n) is 3.77. The molecule has 0 fully saturated rings. The van der Waals surface area contributed by atoms with Crippen molar-refractivity contribution >= 4 is 11.9 Å². The van der Waals surface area contributed by atoms with Gasteiger partial charge in [0.25, 0.3) is 0 Å². The van der Waals surface area contributed by atoms with Gasteiger partial charge in [-0.3, -0.25) is 4.79 Å². The molecule has 4 nitrogen and oxygen atoms in total. The van der Waals surface area contributed by atoms with Gasteiger partial charge in [-0.05, 0) is 42.9 Å². The molecule has 2 rings (SSSR count). The molecular formula is C16H18FNO3. The van der Waals surface area contributed by atoms with Crippen LogP contribution >= 0.6 is 0 Å². The van der Waals surface area contributed by atoms with Gasteiger partial charge in [-0.25, -0.2) is 9.18 Å². The SMILES string of the molecule is CCC(=O)NC1=C(C(=O)O)CC(c2ccc(F)cc2)CC1. The van der Waals surface area contributed by atoms with Crippen LogP contribution in [0.1, 0.15) is 44.1 Å². The summed E-state index contributed by atoms with van der Waals surface area (Å²) in [5, 5.41) is 12.0. The van der Waals surface area contributed by atoms with Crippen LogP contribution in [0.15, 0.2) is 35.5 Å². The molecule has 0 radical (unpaired) electrons. The molecule has 21 heavy (non-hydrogen) atoms. The van der Waals surface area contributed by atoms with Crippen LogP contribution < -0.4 is 5.32 Å². The number of carbonyl (C=O) groups is 2. The Morgan fingerprint density at radius 2 is 2.00 bits per heavy atom. The molecule has 1 atom stereocenters. The third kappa shape index (κ3) is 3.68. The van der Waals surface area contributed by atoms with Crippen LogP contribution in [-0.2, 0) is 9.59 Å². The summed E-state index contributed by atoms with van der Waals surface area (Å²) in [5.41, 5.74) is 1.68. The van der Waals surface area contributed by atoms with Gasteiger partial charge < -0.3 is 10.4 Å². The molecule has 2 N–H and O–H groups in total. The minimum Gasteiger partial charge on any atom is -0.478 e. The Bertz CT molecular complexity index is 578. The predicted octanol–water partition coefficient (Wildman–Crippen LogP) is 2.96. The molecule has 0 aromatic heterocycles. The number of halogens is 1. The molecule has 1 unspecified atom stereocenters. The van der Waals surface area contributed by atoms with E-state index in [0.717, 1.165) is 12.0 Å². The van der Waals surface area contributed by atoms with Gasteiger partial charge in [-0.2, -0.15) is 0 Å². The zero-order valence-electron chi connectivity index (χ0n) is 11.9. The van der Waals surface area contributed by atoms with Crippen molar-refractivity contribution in [3.8, 4) is 0 Å². The predicted molar refractivity (Wildman–Crippen MR) is 76.1 cm³/mol. The van der Waals surface area contributed by atoms with E-state index < -0.39 is 5.97 Å². The smallest absolute Gasteiger partial charge is 0.333 e. The number of hydrogen-bond donors (Lipinski definition) is 2. The molecule has 1 aromatic carbocycles. The van der Waals surface area contributed by atoms with Gasteiger partial charge in [0.15, 0.2) is 0 Å². The number of benzene rings is 1. The Morgan fingerprint density at radius 1 is 1.33 bits per heavy atom. The number of rotatable bonds is 4. The number of carboxylic acid groups (broad SMARTS) is 1. The van der Waals surface area contributed by atoms with Crippen molar-refractivity contribution in [2.45, 2.75) is 38.5 Å². The lowest BCUT2D eigenvalue weighted by molar-refractivity contribution is -0.133. The molecular weight excluding hydrogens is 273 g/mol. The van der Waals surface area contributed by atoms with E-state index in [-0.39, 0.29) is 23.2 Å². The summed E-state index contributed by atoms with van der Waals surface area (Å²) in [6.07, 6.45) is 1.91. The fraction of sp³-hybridized carbons (Fsp3) is 0.375. The molecule has 1 amide bonds. The van der Waals surface area contributed by atoms with Crippen molar-refractivity contribution in [2.24, 2.45) is 0 Å². The first-order valence-corrected chi connectivity index (χ1v) is 7.02. The largest absolute Gasteiger partial charge is 0.478 e. The lowest BCUT2D eigenvalue weighted by Gasteiger charge is -2.26. The zero-order valence-corrected chi connectivity index (χ0v) is 11.9. The van der Waals surface area contributed by atoms with Crippen LogP contribution in [0.25, 0.3) is 0 Å². The second-order valence-electron chi connectivity index (χ2n) is 5.16. The standard InChI is InChI=1S/C16H18FNO3/c1-2-15(19)18-14-8-5-11(9-13(14)16(20)21)10-3-6-12(17)7-4-10/h3-4,6-7,11H,2,5,8-9H2,1H3,(H,18,19)(H,20,21). The number of hydrogen-bond acceptors (Lipinski definition) is 2. The normalized spacial score (nSPS) is 18.5. The third-order valence-corrected chi connectivity index (χ3v) is 3.77. The van der Waals surface area contributed by atoms with Crippen molar-refractivity contribution in [1.82, 2.24) is 5.32 Å². The number of carboxylic acids is 1. The van der Waals surface area contributed by atoms with Gasteiger partial charge >= 0.3 is 5.97 Å². The maximum atomic E-state index is 13.0. The summed E-state index contributed by atoms with van der Waals surface area (Å²) >= 11 is 0. The zero-order chi connectivity index (χ0) is 15.4. The maximum absolute atomic E-state index is 13.0. The van der Waals surface area contributed by atoms with Gasteiger partial charge in [0.2, 0.25) is 5.91 Å². The van der Waals surface area contributed by atoms with Crippen molar-refractivity contribution < 1.29 is 19.1 Å². The second-order valence-corrected chi connectivity index (χ2v) is 5.16. The first-order valence-electron chi connectivity index (χ1n) is 7.02. The highest BCUT2D eigenvalue weighted by atomic mass is 19.1. The highest BCUT2D eigenvalue weighted by molar-refractivity contribution is 5.89. The first kappa shape index (κ1) is 15.2. The lowest BCUT2D eigenvalue weighted by Crippen LogP contribution is -2.28. The molecule has 0 saturated carbocycles. The Balaban J connectivity index is 2.21. The Hall–Kier alpha value is -2.17. The van der Waals surface area contributed by atoms with Crippen LogP contribution in [-0.4, -0.2) is 17.0 Å². The van der Waals surface area contributed by atoms with E-state index in [1.165, 1.54) is 12.1 Å². The number of amides is 1. The molecule has 112 valence electrons. The second kappa shape index (κ2) is 6.52. The van der Waals surface area contributed by atoms with E-state index in [0.29, 0.717) is 25.0 Å². The molecule has 1 aliphatic carbocycles. The van der Waals surface area contributed by atoms with Gasteiger partial charge in [0.1, 0.15) is 5.82 Å². The van der Waals surface area contributed by atoms with Crippen molar-refractivity contribution in [3.63, 3.8) is 0 Å². The van der Waals surface area contributed by atoms with E-state index >= 15 is 0 Å². The van der Waals surface area contributed by atoms with Crippen LogP contribution in [0.3, 0.4) is 0 Å². The summed E-state index contributed by atoms with van der Waals surface area (Å²) < 4.78 is 13.0. The molecule has 0 bridgehead atoms. The van der Waals surface area contributed by atoms with Gasteiger partial charge in [0, 0.05) is 12.1 Å². The van der Waals surface area contributed by atoms with Crippen LogP contribution in [0.2, 0.25) is 0 Å². The molecule has 0 aliphatic heterocycles. The average Bonchev–Trinajstić information content (AvgIpc) is 2.48. The highest BCUT2D eigenvalue weighted by Gasteiger charge is 2.27. The summed E-state index contributed by atoms with van der Waals surface area (Å²) in [4.78, 5) is 22.9. The van der Waals surface area contributed by atoms with E-state index in [1.807, 2.05) is 0 Å². The summed E-state index contributed by atoms with van der Waals surface area (Å²) in [6.45, 7) is 1.72. The van der Waals surface area contributed by atoms with E-state index in [9.17, 15) is 19.1 Å². The van der Waals surface area contributed by atoms with E-state index in [2.05, 4.69) is 5.32 Å². The number of carbonyl (C=O) groups excluding carboxylic acids is 1. The number of nitrogens with one attached hydrogen (secondary N) is 1. The van der Waals surface area contributed by atoms with E-state index in [1.54, 1.807) is 19.1 Å². The van der Waals surface area contributed by atoms with Crippen LogP contribution in [0.4, 0.5) is 4.39 Å². The topological polar surface area (TPSA) is 66.4 Å². The summed E-state index contributed by atoms with van der Waals surface area (Å²) in [7, 11) is 0. The molecule has 1 aliphatic rings. The van der Waals surface area contributed by atoms with Crippen molar-refractivity contribution in [2.75, 3.05) is 0 Å². The van der Waals surface area contributed by atoms with E-state index in [4.69, 9.17) is 0 Å². The molecule has 1 aromatic rings. The molecule has 0 heterocycles. The molecule has 0 saturated heterocycles. The van der Waals surface area contributed by atoms with Gasteiger partial charge in [-0.1, -0.05) is 19.1 Å². The fourth-order valence-electron chi connectivity index (χ4n) is 2.57. The Kier molecular flexibility index (Phi) is 4.73. The van der Waals surface area contributed by atoms with Crippen LogP contribution in [0, 0.1) is 5.82 Å². The first-order chi connectivity index (χ1) is 10.0. The minimum atomic E-state index is -1.01. The fourth-order valence-corrected chi connectivity index (χ4v) is 2.57. The van der Waals surface area contributed by atoms with Crippen molar-refractivity contribution in [1.29, 1.82) is 0 Å². The molecule has 0 spiro atoms. The molecule has 5 heteroatoms. The Morgan fingerprint density at radius 3 is 2.57 bits per heavy atom. The average molecular weight is 291 g/mol. The van der Waals surface area contributed by atoms with Gasteiger partial charge in [0.05, 0.1) is 5.57 Å². The minimum absolute atomic E-state index is 0.0407. The monoisotopic (exact) mass is 291 g/mol. The summed E-state index contributed by atoms with van der Waals surface area (Å²) in [5.74, 6) is -1.45. The number of allylic oxidation sites excluding steroid dienone is 1. The van der Waals surface area contributed by atoms with Gasteiger partial charge in [-0.15, -0.1) is 0 Å². The van der Waals surface area contributed by atoms with Crippen molar-refractivity contribution in [3.05, 3.63) is 46.9 Å². The number of aliphatic carboxylic acids is 1. The van der Waals surface area contributed by atoms with Crippen LogP contribution in [0.5, 0.6) is 0 Å². The summed E-state index contributed by atoms with van der Waals surface area (Å²) in [6, 6.07) is 6.14.